The lowest BCUT2D eigenvalue weighted by Gasteiger charge is -2.30. The van der Waals surface area contributed by atoms with Gasteiger partial charge in [0.25, 0.3) is 7.82 Å². The van der Waals surface area contributed by atoms with Gasteiger partial charge in [0.15, 0.2) is 0 Å². The molecule has 0 rings (SSSR count). The average Bonchev–Trinajstić information content (AvgIpc) is 3.35. The second kappa shape index (κ2) is 52.9. The van der Waals surface area contributed by atoms with Crippen LogP contribution in [0.4, 0.5) is 0 Å². The van der Waals surface area contributed by atoms with Crippen LogP contribution in [0, 0.1) is 0 Å². The standard InChI is InChI=1S/C63H115N2O7P/c1-7-10-13-16-19-22-25-27-29-30-31-32-33-34-36-37-40-43-46-49-52-55-62(66)64-60(59-71-73(68,69)70-58-57-65(4,5)6)61(54-51-48-45-42-39-24-21-18-15-12-9-3)72-63(67)56-53-50-47-44-41-38-35-28-26-23-20-17-14-11-8-2/h11,14,17,19-20,22-23,26-27,29,51,54,60-61H,7-10,12-13,15-16,18,21,24-25,28,30-50,52-53,55-59H2,1-6H3,(H-,64,66,68,69)/b14-11+,20-17+,22-19-,26-23+,29-27-,54-51-. The van der Waals surface area contributed by atoms with Crippen LogP contribution in [-0.4, -0.2) is 69.4 Å². The van der Waals surface area contributed by atoms with Crippen LogP contribution >= 0.6 is 7.82 Å². The fourth-order valence-electron chi connectivity index (χ4n) is 8.49. The van der Waals surface area contributed by atoms with Gasteiger partial charge in [0.2, 0.25) is 5.91 Å². The number of hydrogen-bond donors (Lipinski definition) is 1. The van der Waals surface area contributed by atoms with E-state index in [1.165, 1.54) is 148 Å². The van der Waals surface area contributed by atoms with Gasteiger partial charge in [-0.3, -0.25) is 14.2 Å². The molecule has 0 radical (unpaired) electrons. The third-order valence-electron chi connectivity index (χ3n) is 13.2. The molecule has 0 bridgehead atoms. The van der Waals surface area contributed by atoms with E-state index in [4.69, 9.17) is 13.8 Å². The first-order valence-electron chi connectivity index (χ1n) is 30.3. The van der Waals surface area contributed by atoms with E-state index in [0.29, 0.717) is 23.9 Å². The Hall–Kier alpha value is -2.55. The number of nitrogens with zero attached hydrogens (tertiary/aromatic N) is 1. The zero-order valence-electron chi connectivity index (χ0n) is 48.3. The molecule has 0 saturated carbocycles. The summed E-state index contributed by atoms with van der Waals surface area (Å²) in [5.41, 5.74) is 0. The van der Waals surface area contributed by atoms with Crippen molar-refractivity contribution in [3.8, 4) is 0 Å². The van der Waals surface area contributed by atoms with E-state index >= 15 is 0 Å². The molecule has 0 fully saturated rings. The minimum absolute atomic E-state index is 0.0269. The first-order chi connectivity index (χ1) is 35.4. The lowest BCUT2D eigenvalue weighted by molar-refractivity contribution is -0.870. The van der Waals surface area contributed by atoms with Crippen molar-refractivity contribution in [2.45, 2.75) is 277 Å². The normalized spacial score (nSPS) is 14.2. The highest BCUT2D eigenvalue weighted by atomic mass is 31.2. The average molecular weight is 1040 g/mol. The minimum atomic E-state index is -4.70. The zero-order valence-corrected chi connectivity index (χ0v) is 49.2. The number of amides is 1. The van der Waals surface area contributed by atoms with Crippen molar-refractivity contribution in [1.29, 1.82) is 0 Å². The highest BCUT2D eigenvalue weighted by molar-refractivity contribution is 7.45. The Labute approximate surface area is 451 Å². The highest BCUT2D eigenvalue weighted by Gasteiger charge is 2.27. The van der Waals surface area contributed by atoms with Crippen LogP contribution in [0.2, 0.25) is 0 Å². The van der Waals surface area contributed by atoms with Gasteiger partial charge in [-0.05, 0) is 83.1 Å². The number of carbonyl (C=O) groups is 2. The second-order valence-electron chi connectivity index (χ2n) is 21.5. The molecule has 0 aliphatic heterocycles. The molecule has 10 heteroatoms. The molecular formula is C63H115N2O7P. The van der Waals surface area contributed by atoms with Gasteiger partial charge in [0, 0.05) is 12.8 Å². The van der Waals surface area contributed by atoms with Crippen molar-refractivity contribution in [3.63, 3.8) is 0 Å². The Balaban J connectivity index is 5.21. The molecule has 0 aliphatic carbocycles. The van der Waals surface area contributed by atoms with Gasteiger partial charge in [-0.25, -0.2) is 0 Å². The van der Waals surface area contributed by atoms with Crippen molar-refractivity contribution in [3.05, 3.63) is 72.9 Å². The van der Waals surface area contributed by atoms with E-state index < -0.39 is 26.6 Å². The highest BCUT2D eigenvalue weighted by Crippen LogP contribution is 2.38. The van der Waals surface area contributed by atoms with E-state index in [1.54, 1.807) is 0 Å². The summed E-state index contributed by atoms with van der Waals surface area (Å²) in [5, 5.41) is 3.02. The maximum atomic E-state index is 13.5. The smallest absolute Gasteiger partial charge is 0.306 e. The molecule has 0 aromatic heterocycles. The number of esters is 1. The third-order valence-corrected chi connectivity index (χ3v) is 14.1. The van der Waals surface area contributed by atoms with Crippen LogP contribution in [0.5, 0.6) is 0 Å². The number of likely N-dealkylation sites (N-methyl/N-ethyl adjacent to an activating group) is 1. The van der Waals surface area contributed by atoms with Crippen LogP contribution < -0.4 is 10.2 Å². The lowest BCUT2D eigenvalue weighted by atomic mass is 10.0. The van der Waals surface area contributed by atoms with Gasteiger partial charge in [0.05, 0.1) is 33.8 Å². The number of ether oxygens (including phenoxy) is 1. The van der Waals surface area contributed by atoms with Crippen molar-refractivity contribution in [2.75, 3.05) is 40.9 Å². The molecule has 3 atom stereocenters. The summed E-state index contributed by atoms with van der Waals surface area (Å²) in [4.78, 5) is 39.9. The minimum Gasteiger partial charge on any atom is -0.756 e. The molecule has 0 heterocycles. The Morgan fingerprint density at radius 2 is 0.932 bits per heavy atom. The van der Waals surface area contributed by atoms with E-state index in [1.807, 2.05) is 33.3 Å². The monoisotopic (exact) mass is 1040 g/mol. The van der Waals surface area contributed by atoms with Crippen molar-refractivity contribution in [2.24, 2.45) is 0 Å². The van der Waals surface area contributed by atoms with Crippen LogP contribution in [0.1, 0.15) is 265 Å². The van der Waals surface area contributed by atoms with Gasteiger partial charge >= 0.3 is 5.97 Å². The summed E-state index contributed by atoms with van der Waals surface area (Å²) in [6.07, 6.45) is 67.2. The fourth-order valence-corrected chi connectivity index (χ4v) is 9.22. The number of nitrogens with one attached hydrogen (secondary N) is 1. The van der Waals surface area contributed by atoms with Crippen molar-refractivity contribution >= 4 is 19.7 Å². The lowest BCUT2D eigenvalue weighted by Crippen LogP contribution is -2.47. The summed E-state index contributed by atoms with van der Waals surface area (Å²) in [6, 6.07) is -0.896. The first kappa shape index (κ1) is 70.5. The number of phosphoric ester groups is 1. The van der Waals surface area contributed by atoms with Gasteiger partial charge < -0.3 is 28.5 Å². The van der Waals surface area contributed by atoms with Gasteiger partial charge in [0.1, 0.15) is 19.3 Å². The molecule has 0 aliphatic rings. The summed E-state index contributed by atoms with van der Waals surface area (Å²) in [6.45, 7) is 6.68. The molecule has 424 valence electrons. The van der Waals surface area contributed by atoms with E-state index in [-0.39, 0.29) is 24.9 Å². The van der Waals surface area contributed by atoms with Gasteiger partial charge in [-0.1, -0.05) is 242 Å². The number of carbonyl (C=O) groups excluding carboxylic acids is 2. The Bertz CT molecular complexity index is 1480. The molecule has 3 unspecified atom stereocenters. The first-order valence-corrected chi connectivity index (χ1v) is 31.7. The van der Waals surface area contributed by atoms with Crippen LogP contribution in [0.15, 0.2) is 72.9 Å². The third kappa shape index (κ3) is 54.1. The second-order valence-corrected chi connectivity index (χ2v) is 22.9. The molecule has 9 nitrogen and oxygen atoms in total. The molecule has 0 spiro atoms. The summed E-state index contributed by atoms with van der Waals surface area (Å²) in [5.74, 6) is -0.557. The Kier molecular flexibility index (Phi) is 51.0. The van der Waals surface area contributed by atoms with Crippen LogP contribution in [0.25, 0.3) is 0 Å². The van der Waals surface area contributed by atoms with Crippen molar-refractivity contribution < 1.29 is 37.3 Å². The topological polar surface area (TPSA) is 114 Å². The summed E-state index contributed by atoms with van der Waals surface area (Å²) >= 11 is 0. The van der Waals surface area contributed by atoms with Gasteiger partial charge in [-0.15, -0.1) is 0 Å². The van der Waals surface area contributed by atoms with Crippen LogP contribution in [-0.2, 0) is 27.9 Å². The molecule has 0 aromatic rings. The number of allylic oxidation sites excluding steroid dienone is 11. The molecular weight excluding hydrogens is 928 g/mol. The van der Waals surface area contributed by atoms with Crippen molar-refractivity contribution in [1.82, 2.24) is 5.32 Å². The van der Waals surface area contributed by atoms with E-state index in [9.17, 15) is 19.0 Å². The maximum Gasteiger partial charge on any atom is 0.306 e. The van der Waals surface area contributed by atoms with E-state index in [2.05, 4.69) is 86.8 Å². The fraction of sp³-hybridized carbons (Fsp3) is 0.778. The Morgan fingerprint density at radius 1 is 0.507 bits per heavy atom. The SMILES string of the molecule is CC/C=C/C=C/C=C/CCCCCCCCCC(=O)OC(/C=C\CCCCCCCCCCC)C(COP(=O)([O-])OCC[N+](C)(C)C)NC(=O)CCCCCCCCCCCCC/C=C\C/C=C\CCCCC. The summed E-state index contributed by atoms with van der Waals surface area (Å²) < 4.78 is 30.3. The number of unbranched alkanes of at least 4 members (excludes halogenated alkanes) is 30. The largest absolute Gasteiger partial charge is 0.756 e. The maximum absolute atomic E-state index is 13.5. The number of hydrogen-bond acceptors (Lipinski definition) is 7. The Morgan fingerprint density at radius 3 is 1.44 bits per heavy atom. The molecule has 1 amide bonds. The molecule has 73 heavy (non-hydrogen) atoms. The number of rotatable bonds is 54. The zero-order chi connectivity index (χ0) is 53.6. The molecule has 0 saturated heterocycles. The van der Waals surface area contributed by atoms with Gasteiger partial charge in [-0.2, -0.15) is 0 Å². The molecule has 0 aromatic carbocycles. The van der Waals surface area contributed by atoms with Crippen LogP contribution in [0.3, 0.4) is 0 Å². The number of quaternary nitrogens is 1. The predicted molar refractivity (Wildman–Crippen MR) is 312 cm³/mol. The quantitative estimate of drug-likeness (QED) is 0.0161. The molecule has 1 N–H and O–H groups in total. The number of phosphoric acid groups is 1. The van der Waals surface area contributed by atoms with E-state index in [0.717, 1.165) is 77.0 Å². The predicted octanol–water partition coefficient (Wildman–Crippen LogP) is 17.8. The summed E-state index contributed by atoms with van der Waals surface area (Å²) in [7, 11) is 1.17.